The number of hydrogen-bond acceptors (Lipinski definition) is 2. The Hall–Kier alpha value is -1.28. The van der Waals surface area contributed by atoms with Crippen molar-refractivity contribution >= 4 is 5.69 Å². The summed E-state index contributed by atoms with van der Waals surface area (Å²) in [4.78, 5) is 2.32. The highest BCUT2D eigenvalue weighted by molar-refractivity contribution is 5.46. The number of rotatable bonds is 2. The van der Waals surface area contributed by atoms with Crippen molar-refractivity contribution in [3.8, 4) is 0 Å². The molecule has 0 radical (unpaired) electrons. The topological polar surface area (TPSA) is 23.5 Å². The standard InChI is InChI=1S/C14H19NO/c1-12(2)14(16)8-10-15(11-9-14)13-6-4-3-5-7-13/h3-7,16H,1,8-11H2,2H3. The predicted molar refractivity (Wildman–Crippen MR) is 67.7 cm³/mol. The summed E-state index contributed by atoms with van der Waals surface area (Å²) < 4.78 is 0. The van der Waals surface area contributed by atoms with Crippen molar-refractivity contribution in [2.45, 2.75) is 25.4 Å². The van der Waals surface area contributed by atoms with Gasteiger partial charge in [-0.15, -0.1) is 0 Å². The van der Waals surface area contributed by atoms with Crippen LogP contribution in [0.4, 0.5) is 5.69 Å². The van der Waals surface area contributed by atoms with Gasteiger partial charge in [-0.05, 0) is 37.5 Å². The van der Waals surface area contributed by atoms with Gasteiger partial charge in [0.2, 0.25) is 0 Å². The molecule has 16 heavy (non-hydrogen) atoms. The molecule has 1 aromatic rings. The molecule has 1 aromatic carbocycles. The van der Waals surface area contributed by atoms with E-state index in [0.717, 1.165) is 31.5 Å². The lowest BCUT2D eigenvalue weighted by atomic mass is 9.85. The average Bonchev–Trinajstić information content (AvgIpc) is 2.31. The van der Waals surface area contributed by atoms with E-state index in [1.54, 1.807) is 0 Å². The SMILES string of the molecule is C=C(C)C1(O)CCN(c2ccccc2)CC1. The first kappa shape index (κ1) is 11.2. The molecule has 0 unspecified atom stereocenters. The van der Waals surface area contributed by atoms with Gasteiger partial charge in [-0.3, -0.25) is 0 Å². The molecule has 1 aliphatic heterocycles. The maximum atomic E-state index is 10.3. The summed E-state index contributed by atoms with van der Waals surface area (Å²) in [6, 6.07) is 10.4. The lowest BCUT2D eigenvalue weighted by Crippen LogP contribution is -2.44. The van der Waals surface area contributed by atoms with Gasteiger partial charge in [-0.25, -0.2) is 0 Å². The summed E-state index contributed by atoms with van der Waals surface area (Å²) in [6.07, 6.45) is 1.55. The average molecular weight is 217 g/mol. The molecular formula is C14H19NO. The molecule has 2 heteroatoms. The predicted octanol–water partition coefficient (Wildman–Crippen LogP) is 2.59. The van der Waals surface area contributed by atoms with E-state index in [-0.39, 0.29) is 0 Å². The third kappa shape index (κ3) is 2.12. The second-order valence-electron chi connectivity index (χ2n) is 4.63. The van der Waals surface area contributed by atoms with Gasteiger partial charge in [0.1, 0.15) is 0 Å². The first-order valence-electron chi connectivity index (χ1n) is 5.80. The van der Waals surface area contributed by atoms with Crippen LogP contribution in [-0.4, -0.2) is 23.8 Å². The Morgan fingerprint density at radius 1 is 1.25 bits per heavy atom. The van der Waals surface area contributed by atoms with Gasteiger partial charge in [0.05, 0.1) is 5.60 Å². The third-order valence-corrected chi connectivity index (χ3v) is 3.51. The summed E-state index contributed by atoms with van der Waals surface area (Å²) in [7, 11) is 0. The maximum absolute atomic E-state index is 10.3. The fourth-order valence-electron chi connectivity index (χ4n) is 2.20. The highest BCUT2D eigenvalue weighted by atomic mass is 16.3. The van der Waals surface area contributed by atoms with E-state index in [2.05, 4.69) is 35.7 Å². The number of benzene rings is 1. The molecule has 1 heterocycles. The Balaban J connectivity index is 2.03. The van der Waals surface area contributed by atoms with Crippen molar-refractivity contribution in [2.24, 2.45) is 0 Å². The Labute approximate surface area is 97.2 Å². The first-order chi connectivity index (χ1) is 7.62. The van der Waals surface area contributed by atoms with Crippen molar-refractivity contribution in [3.05, 3.63) is 42.5 Å². The highest BCUT2D eigenvalue weighted by Crippen LogP contribution is 2.30. The summed E-state index contributed by atoms with van der Waals surface area (Å²) >= 11 is 0. The van der Waals surface area contributed by atoms with Crippen LogP contribution in [0.1, 0.15) is 19.8 Å². The minimum absolute atomic E-state index is 0.648. The second-order valence-corrected chi connectivity index (χ2v) is 4.63. The molecule has 1 aliphatic rings. The van der Waals surface area contributed by atoms with Gasteiger partial charge in [-0.2, -0.15) is 0 Å². The van der Waals surface area contributed by atoms with Crippen LogP contribution >= 0.6 is 0 Å². The van der Waals surface area contributed by atoms with Crippen LogP contribution in [0, 0.1) is 0 Å². The lowest BCUT2D eigenvalue weighted by Gasteiger charge is -2.39. The Kier molecular flexibility index (Phi) is 3.01. The molecule has 1 saturated heterocycles. The van der Waals surface area contributed by atoms with E-state index in [1.165, 1.54) is 5.69 Å². The fraction of sp³-hybridized carbons (Fsp3) is 0.429. The lowest BCUT2D eigenvalue weighted by molar-refractivity contribution is 0.0531. The zero-order chi connectivity index (χ0) is 11.6. The molecule has 0 amide bonds. The number of hydrogen-bond donors (Lipinski definition) is 1. The van der Waals surface area contributed by atoms with Gasteiger partial charge in [0.25, 0.3) is 0 Å². The van der Waals surface area contributed by atoms with E-state index >= 15 is 0 Å². The van der Waals surface area contributed by atoms with Crippen LogP contribution in [-0.2, 0) is 0 Å². The summed E-state index contributed by atoms with van der Waals surface area (Å²) in [6.45, 7) is 7.59. The Morgan fingerprint density at radius 3 is 2.31 bits per heavy atom. The van der Waals surface area contributed by atoms with Gasteiger partial charge in [-0.1, -0.05) is 24.8 Å². The first-order valence-corrected chi connectivity index (χ1v) is 5.80. The molecule has 86 valence electrons. The number of nitrogens with zero attached hydrogens (tertiary/aromatic N) is 1. The van der Waals surface area contributed by atoms with Crippen LogP contribution in [0.3, 0.4) is 0 Å². The van der Waals surface area contributed by atoms with Crippen molar-refractivity contribution in [2.75, 3.05) is 18.0 Å². The highest BCUT2D eigenvalue weighted by Gasteiger charge is 2.32. The van der Waals surface area contributed by atoms with E-state index < -0.39 is 5.60 Å². The van der Waals surface area contributed by atoms with Crippen LogP contribution in [0.25, 0.3) is 0 Å². The van der Waals surface area contributed by atoms with E-state index in [1.807, 2.05) is 13.0 Å². The fourth-order valence-corrected chi connectivity index (χ4v) is 2.20. The smallest absolute Gasteiger partial charge is 0.0885 e. The zero-order valence-corrected chi connectivity index (χ0v) is 9.82. The van der Waals surface area contributed by atoms with E-state index in [4.69, 9.17) is 0 Å². The molecule has 1 fully saturated rings. The summed E-state index contributed by atoms with van der Waals surface area (Å²) in [5.41, 5.74) is 1.48. The number of piperidine rings is 1. The molecule has 0 aliphatic carbocycles. The second kappa shape index (κ2) is 4.30. The molecule has 2 rings (SSSR count). The Morgan fingerprint density at radius 2 is 1.81 bits per heavy atom. The van der Waals surface area contributed by atoms with Crippen LogP contribution in [0.15, 0.2) is 42.5 Å². The summed E-state index contributed by atoms with van der Waals surface area (Å²) in [5, 5.41) is 10.3. The molecule has 0 aromatic heterocycles. The molecule has 0 bridgehead atoms. The van der Waals surface area contributed by atoms with E-state index in [9.17, 15) is 5.11 Å². The van der Waals surface area contributed by atoms with Crippen molar-refractivity contribution < 1.29 is 5.11 Å². The third-order valence-electron chi connectivity index (χ3n) is 3.51. The van der Waals surface area contributed by atoms with Crippen LogP contribution < -0.4 is 4.90 Å². The molecule has 1 N–H and O–H groups in total. The van der Waals surface area contributed by atoms with Crippen molar-refractivity contribution in [1.29, 1.82) is 0 Å². The van der Waals surface area contributed by atoms with Gasteiger partial charge >= 0.3 is 0 Å². The minimum Gasteiger partial charge on any atom is -0.385 e. The molecule has 0 atom stereocenters. The number of aliphatic hydroxyl groups is 1. The van der Waals surface area contributed by atoms with Crippen molar-refractivity contribution in [1.82, 2.24) is 0 Å². The molecule has 0 saturated carbocycles. The number of para-hydroxylation sites is 1. The molecule has 0 spiro atoms. The minimum atomic E-state index is -0.648. The quantitative estimate of drug-likeness (QED) is 0.770. The van der Waals surface area contributed by atoms with E-state index in [0.29, 0.717) is 0 Å². The molecular weight excluding hydrogens is 198 g/mol. The monoisotopic (exact) mass is 217 g/mol. The van der Waals surface area contributed by atoms with Gasteiger partial charge in [0, 0.05) is 18.8 Å². The number of anilines is 1. The van der Waals surface area contributed by atoms with Gasteiger partial charge < -0.3 is 10.0 Å². The maximum Gasteiger partial charge on any atom is 0.0885 e. The van der Waals surface area contributed by atoms with Crippen LogP contribution in [0.5, 0.6) is 0 Å². The summed E-state index contributed by atoms with van der Waals surface area (Å²) in [5.74, 6) is 0. The molecule has 2 nitrogen and oxygen atoms in total. The zero-order valence-electron chi connectivity index (χ0n) is 9.82. The van der Waals surface area contributed by atoms with Gasteiger partial charge in [0.15, 0.2) is 0 Å². The largest absolute Gasteiger partial charge is 0.385 e. The Bertz CT molecular complexity index is 364. The normalized spacial score (nSPS) is 19.5. The van der Waals surface area contributed by atoms with Crippen molar-refractivity contribution in [3.63, 3.8) is 0 Å². The van der Waals surface area contributed by atoms with Crippen LogP contribution in [0.2, 0.25) is 0 Å².